The molecule has 1 aromatic heterocycles. The van der Waals surface area contributed by atoms with Crippen molar-refractivity contribution in [3.63, 3.8) is 0 Å². The third-order valence-electron chi connectivity index (χ3n) is 3.18. The lowest BCUT2D eigenvalue weighted by atomic mass is 10.1. The van der Waals surface area contributed by atoms with Crippen molar-refractivity contribution < 1.29 is 0 Å². The Hall–Kier alpha value is -0.830. The Labute approximate surface area is 106 Å². The maximum absolute atomic E-state index is 4.64. The monoisotopic (exact) mass is 237 g/mol. The van der Waals surface area contributed by atoms with E-state index in [1.165, 1.54) is 12.1 Å². The fourth-order valence-electron chi connectivity index (χ4n) is 1.87. The van der Waals surface area contributed by atoms with E-state index in [2.05, 4.69) is 55.1 Å². The first-order valence-electron chi connectivity index (χ1n) is 6.92. The zero-order chi connectivity index (χ0) is 12.7. The predicted molar refractivity (Wildman–Crippen MR) is 73.3 cm³/mol. The Kier molecular flexibility index (Phi) is 6.27. The molecule has 0 aliphatic carbocycles. The molecular formula is C14H27N3. The first-order chi connectivity index (χ1) is 8.17. The molecule has 2 unspecified atom stereocenters. The summed E-state index contributed by atoms with van der Waals surface area (Å²) in [4.78, 5) is 0. The first kappa shape index (κ1) is 14.2. The lowest BCUT2D eigenvalue weighted by Crippen LogP contribution is -2.23. The van der Waals surface area contributed by atoms with Crippen LogP contribution in [0.1, 0.15) is 52.3 Å². The second kappa shape index (κ2) is 7.49. The third kappa shape index (κ3) is 4.90. The Morgan fingerprint density at radius 3 is 2.76 bits per heavy atom. The van der Waals surface area contributed by atoms with Gasteiger partial charge in [0.2, 0.25) is 0 Å². The van der Waals surface area contributed by atoms with Gasteiger partial charge in [0.05, 0.1) is 5.69 Å². The van der Waals surface area contributed by atoms with Crippen molar-refractivity contribution in [1.29, 1.82) is 0 Å². The molecule has 1 heterocycles. The molecule has 1 rings (SSSR count). The van der Waals surface area contributed by atoms with Gasteiger partial charge in [0.1, 0.15) is 0 Å². The fourth-order valence-corrected chi connectivity index (χ4v) is 1.87. The molecule has 0 aromatic carbocycles. The highest BCUT2D eigenvalue weighted by Crippen LogP contribution is 2.11. The highest BCUT2D eigenvalue weighted by atomic mass is 15.3. The highest BCUT2D eigenvalue weighted by molar-refractivity contribution is 5.00. The van der Waals surface area contributed by atoms with Gasteiger partial charge in [-0.1, -0.05) is 20.8 Å². The predicted octanol–water partition coefficient (Wildman–Crippen LogP) is 3.03. The van der Waals surface area contributed by atoms with Crippen LogP contribution in [0.25, 0.3) is 0 Å². The second-order valence-corrected chi connectivity index (χ2v) is 5.06. The van der Waals surface area contributed by atoms with Gasteiger partial charge in [-0.3, -0.25) is 4.68 Å². The van der Waals surface area contributed by atoms with Crippen molar-refractivity contribution >= 4 is 0 Å². The molecule has 17 heavy (non-hydrogen) atoms. The van der Waals surface area contributed by atoms with Crippen LogP contribution in [0.3, 0.4) is 0 Å². The van der Waals surface area contributed by atoms with Crippen LogP contribution in [-0.4, -0.2) is 22.9 Å². The topological polar surface area (TPSA) is 29.9 Å². The van der Waals surface area contributed by atoms with Gasteiger partial charge in [0.15, 0.2) is 0 Å². The van der Waals surface area contributed by atoms with Gasteiger partial charge in [-0.25, -0.2) is 0 Å². The SMILES string of the molecule is CCCNCC(C)Cc1ccn(C(C)CC)n1. The Morgan fingerprint density at radius 1 is 1.35 bits per heavy atom. The van der Waals surface area contributed by atoms with E-state index >= 15 is 0 Å². The molecule has 0 saturated heterocycles. The summed E-state index contributed by atoms with van der Waals surface area (Å²) in [6, 6.07) is 2.67. The van der Waals surface area contributed by atoms with Gasteiger partial charge in [0, 0.05) is 12.2 Å². The summed E-state index contributed by atoms with van der Waals surface area (Å²) < 4.78 is 2.08. The van der Waals surface area contributed by atoms with Gasteiger partial charge in [0.25, 0.3) is 0 Å². The summed E-state index contributed by atoms with van der Waals surface area (Å²) in [5.41, 5.74) is 1.22. The van der Waals surface area contributed by atoms with Crippen LogP contribution >= 0.6 is 0 Å². The fraction of sp³-hybridized carbons (Fsp3) is 0.786. The molecule has 0 radical (unpaired) electrons. The van der Waals surface area contributed by atoms with E-state index in [4.69, 9.17) is 0 Å². The maximum atomic E-state index is 4.64. The van der Waals surface area contributed by atoms with Crippen molar-refractivity contribution in [3.8, 4) is 0 Å². The van der Waals surface area contributed by atoms with Crippen LogP contribution in [0.4, 0.5) is 0 Å². The molecular weight excluding hydrogens is 210 g/mol. The van der Waals surface area contributed by atoms with Gasteiger partial charge < -0.3 is 5.32 Å². The maximum Gasteiger partial charge on any atom is 0.0627 e. The zero-order valence-electron chi connectivity index (χ0n) is 11.7. The molecule has 2 atom stereocenters. The van der Waals surface area contributed by atoms with E-state index in [1.54, 1.807) is 0 Å². The van der Waals surface area contributed by atoms with E-state index in [9.17, 15) is 0 Å². The largest absolute Gasteiger partial charge is 0.316 e. The van der Waals surface area contributed by atoms with Crippen molar-refractivity contribution in [2.75, 3.05) is 13.1 Å². The molecule has 0 spiro atoms. The molecule has 98 valence electrons. The van der Waals surface area contributed by atoms with E-state index in [0.29, 0.717) is 12.0 Å². The summed E-state index contributed by atoms with van der Waals surface area (Å²) in [6.07, 6.45) is 5.51. The average Bonchev–Trinajstić information content (AvgIpc) is 2.77. The summed E-state index contributed by atoms with van der Waals surface area (Å²) in [5, 5.41) is 8.10. The summed E-state index contributed by atoms with van der Waals surface area (Å²) >= 11 is 0. The van der Waals surface area contributed by atoms with Gasteiger partial charge in [-0.05, 0) is 51.3 Å². The van der Waals surface area contributed by atoms with Crippen LogP contribution < -0.4 is 5.32 Å². The van der Waals surface area contributed by atoms with Gasteiger partial charge in [-0.15, -0.1) is 0 Å². The Balaban J connectivity index is 2.37. The van der Waals surface area contributed by atoms with Gasteiger partial charge >= 0.3 is 0 Å². The van der Waals surface area contributed by atoms with E-state index in [-0.39, 0.29) is 0 Å². The number of nitrogens with one attached hydrogen (secondary N) is 1. The van der Waals surface area contributed by atoms with E-state index in [1.807, 2.05) is 0 Å². The third-order valence-corrected chi connectivity index (χ3v) is 3.18. The van der Waals surface area contributed by atoms with E-state index < -0.39 is 0 Å². The quantitative estimate of drug-likeness (QED) is 0.704. The minimum Gasteiger partial charge on any atom is -0.316 e. The number of nitrogens with zero attached hydrogens (tertiary/aromatic N) is 2. The summed E-state index contributed by atoms with van der Waals surface area (Å²) in [5.74, 6) is 0.654. The Bertz CT molecular complexity index is 306. The lowest BCUT2D eigenvalue weighted by molar-refractivity contribution is 0.462. The molecule has 0 saturated carbocycles. The smallest absolute Gasteiger partial charge is 0.0627 e. The minimum atomic E-state index is 0.511. The van der Waals surface area contributed by atoms with Crippen LogP contribution in [0.2, 0.25) is 0 Å². The number of aromatic nitrogens is 2. The lowest BCUT2D eigenvalue weighted by Gasteiger charge is -2.11. The second-order valence-electron chi connectivity index (χ2n) is 5.06. The van der Waals surface area contributed by atoms with Crippen molar-refractivity contribution in [2.24, 2.45) is 5.92 Å². The van der Waals surface area contributed by atoms with E-state index in [0.717, 1.165) is 25.9 Å². The molecule has 3 nitrogen and oxygen atoms in total. The van der Waals surface area contributed by atoms with Gasteiger partial charge in [-0.2, -0.15) is 5.10 Å². The molecule has 1 aromatic rings. The zero-order valence-corrected chi connectivity index (χ0v) is 11.7. The molecule has 0 aliphatic heterocycles. The van der Waals surface area contributed by atoms with Crippen molar-refractivity contribution in [3.05, 3.63) is 18.0 Å². The average molecular weight is 237 g/mol. The number of rotatable bonds is 8. The first-order valence-corrected chi connectivity index (χ1v) is 6.92. The van der Waals surface area contributed by atoms with Crippen LogP contribution in [0, 0.1) is 5.92 Å². The van der Waals surface area contributed by atoms with Crippen LogP contribution in [0.15, 0.2) is 12.3 Å². The normalized spacial score (nSPS) is 14.8. The molecule has 0 fully saturated rings. The van der Waals surface area contributed by atoms with Crippen LogP contribution in [0.5, 0.6) is 0 Å². The number of hydrogen-bond acceptors (Lipinski definition) is 2. The Morgan fingerprint density at radius 2 is 2.12 bits per heavy atom. The standard InChI is InChI=1S/C14H27N3/c1-5-8-15-11-12(3)10-14-7-9-17(16-14)13(4)6-2/h7,9,12-13,15H,5-6,8,10-11H2,1-4H3. The number of hydrogen-bond donors (Lipinski definition) is 1. The molecule has 3 heteroatoms. The van der Waals surface area contributed by atoms with Crippen molar-refractivity contribution in [2.45, 2.75) is 53.0 Å². The summed E-state index contributed by atoms with van der Waals surface area (Å²) in [6.45, 7) is 11.1. The van der Waals surface area contributed by atoms with Crippen molar-refractivity contribution in [1.82, 2.24) is 15.1 Å². The molecule has 0 amide bonds. The van der Waals surface area contributed by atoms with Crippen LogP contribution in [-0.2, 0) is 6.42 Å². The highest BCUT2D eigenvalue weighted by Gasteiger charge is 2.08. The summed E-state index contributed by atoms with van der Waals surface area (Å²) in [7, 11) is 0. The molecule has 0 bridgehead atoms. The minimum absolute atomic E-state index is 0.511. The molecule has 1 N–H and O–H groups in total. The molecule has 0 aliphatic rings.